The third-order valence-electron chi connectivity index (χ3n) is 5.26. The first-order chi connectivity index (χ1) is 16.0. The molecule has 8 nitrogen and oxygen atoms in total. The van der Waals surface area contributed by atoms with E-state index in [1.54, 1.807) is 19.2 Å². The van der Waals surface area contributed by atoms with Crippen LogP contribution < -0.4 is 10.3 Å². The fraction of sp³-hybridized carbons (Fsp3) is 0.125. The number of benzene rings is 2. The van der Waals surface area contributed by atoms with Crippen molar-refractivity contribution < 1.29 is 9.53 Å². The van der Waals surface area contributed by atoms with E-state index < -0.39 is 5.56 Å². The molecule has 0 bridgehead atoms. The molecule has 0 N–H and O–H groups in total. The highest BCUT2D eigenvalue weighted by Gasteiger charge is 2.24. The van der Waals surface area contributed by atoms with Crippen molar-refractivity contribution in [2.75, 3.05) is 7.11 Å². The standard InChI is InChI=1S/C24H19N5O3S/c1-15-5-9-17(10-6-15)29-24-26-25-19(14-16-7-11-18(32-2)12-8-16)23(31)28(24)22(27-29)21(30)20-4-3-13-33-20/h3-13H,14H2,1-2H3. The minimum absolute atomic E-state index is 0.00362. The summed E-state index contributed by atoms with van der Waals surface area (Å²) < 4.78 is 7.92. The Labute approximate surface area is 192 Å². The fourth-order valence-electron chi connectivity index (χ4n) is 3.50. The highest BCUT2D eigenvalue weighted by atomic mass is 32.1. The lowest BCUT2D eigenvalue weighted by Gasteiger charge is -2.04. The number of ketones is 1. The van der Waals surface area contributed by atoms with E-state index in [9.17, 15) is 9.59 Å². The molecule has 164 valence electrons. The van der Waals surface area contributed by atoms with Gasteiger partial charge in [0.15, 0.2) is 0 Å². The zero-order valence-corrected chi connectivity index (χ0v) is 18.7. The minimum atomic E-state index is -0.422. The normalized spacial score (nSPS) is 11.1. The molecule has 0 aliphatic carbocycles. The van der Waals surface area contributed by atoms with E-state index in [0.29, 0.717) is 10.6 Å². The van der Waals surface area contributed by atoms with Crippen LogP contribution in [0, 0.1) is 6.92 Å². The molecular weight excluding hydrogens is 438 g/mol. The van der Waals surface area contributed by atoms with Crippen molar-refractivity contribution in [2.24, 2.45) is 0 Å². The zero-order valence-electron chi connectivity index (χ0n) is 17.9. The number of aryl methyl sites for hydroxylation is 1. The molecule has 0 fully saturated rings. The van der Waals surface area contributed by atoms with Gasteiger partial charge in [-0.05, 0) is 48.2 Å². The third kappa shape index (κ3) is 3.83. The average Bonchev–Trinajstić information content (AvgIpc) is 3.50. The van der Waals surface area contributed by atoms with Crippen LogP contribution in [-0.4, -0.2) is 37.3 Å². The van der Waals surface area contributed by atoms with Gasteiger partial charge in [0.1, 0.15) is 11.4 Å². The van der Waals surface area contributed by atoms with Crippen molar-refractivity contribution in [1.29, 1.82) is 0 Å². The summed E-state index contributed by atoms with van der Waals surface area (Å²) in [6.07, 6.45) is 0.265. The van der Waals surface area contributed by atoms with Crippen molar-refractivity contribution in [3.8, 4) is 11.4 Å². The van der Waals surface area contributed by atoms with Gasteiger partial charge < -0.3 is 4.74 Å². The molecule has 0 spiro atoms. The summed E-state index contributed by atoms with van der Waals surface area (Å²) in [5.41, 5.74) is 2.43. The van der Waals surface area contributed by atoms with Crippen molar-refractivity contribution in [1.82, 2.24) is 24.4 Å². The van der Waals surface area contributed by atoms with Gasteiger partial charge in [-0.1, -0.05) is 35.9 Å². The van der Waals surface area contributed by atoms with Crippen LogP contribution >= 0.6 is 11.3 Å². The fourth-order valence-corrected chi connectivity index (χ4v) is 4.16. The van der Waals surface area contributed by atoms with E-state index in [1.165, 1.54) is 20.4 Å². The second kappa shape index (κ2) is 8.44. The van der Waals surface area contributed by atoms with E-state index in [0.717, 1.165) is 16.9 Å². The average molecular weight is 458 g/mol. The summed E-state index contributed by atoms with van der Waals surface area (Å²) >= 11 is 1.30. The first-order valence-electron chi connectivity index (χ1n) is 10.2. The molecule has 5 rings (SSSR count). The first kappa shape index (κ1) is 20.8. The zero-order chi connectivity index (χ0) is 22.9. The van der Waals surface area contributed by atoms with Gasteiger partial charge in [-0.15, -0.1) is 26.6 Å². The predicted molar refractivity (Wildman–Crippen MR) is 125 cm³/mol. The number of carbonyl (C=O) groups is 1. The molecule has 9 heteroatoms. The van der Waals surface area contributed by atoms with Gasteiger partial charge in [0.05, 0.1) is 17.7 Å². The van der Waals surface area contributed by atoms with Crippen LogP contribution in [0.2, 0.25) is 0 Å². The van der Waals surface area contributed by atoms with E-state index in [4.69, 9.17) is 4.74 Å². The van der Waals surface area contributed by atoms with Crippen LogP contribution in [0.4, 0.5) is 0 Å². The lowest BCUT2D eigenvalue weighted by Crippen LogP contribution is -2.25. The number of ether oxygens (including phenoxy) is 1. The Morgan fingerprint density at radius 1 is 1.03 bits per heavy atom. The Hall–Kier alpha value is -4.11. The summed E-state index contributed by atoms with van der Waals surface area (Å²) in [6.45, 7) is 1.98. The van der Waals surface area contributed by atoms with E-state index in [2.05, 4.69) is 15.3 Å². The second-order valence-corrected chi connectivity index (χ2v) is 8.44. The summed E-state index contributed by atoms with van der Waals surface area (Å²) in [5, 5.41) is 14.8. The monoisotopic (exact) mass is 457 g/mol. The van der Waals surface area contributed by atoms with Gasteiger partial charge in [0.25, 0.3) is 11.3 Å². The lowest BCUT2D eigenvalue weighted by molar-refractivity contribution is 0.103. The van der Waals surface area contributed by atoms with Crippen LogP contribution in [0.5, 0.6) is 5.75 Å². The van der Waals surface area contributed by atoms with Crippen LogP contribution in [0.1, 0.15) is 32.3 Å². The Balaban J connectivity index is 1.67. The van der Waals surface area contributed by atoms with Gasteiger partial charge in [-0.25, -0.2) is 4.40 Å². The maximum absolute atomic E-state index is 13.5. The number of hydrogen-bond donors (Lipinski definition) is 0. The molecule has 0 aliphatic rings. The number of rotatable bonds is 6. The molecule has 0 saturated heterocycles. The number of nitrogens with zero attached hydrogens (tertiary/aromatic N) is 5. The van der Waals surface area contributed by atoms with Crippen molar-refractivity contribution >= 4 is 22.9 Å². The predicted octanol–water partition coefficient (Wildman–Crippen LogP) is 3.48. The first-order valence-corrected chi connectivity index (χ1v) is 11.1. The number of methoxy groups -OCH3 is 1. The third-order valence-corrected chi connectivity index (χ3v) is 6.13. The molecule has 0 amide bonds. The molecule has 0 atom stereocenters. The molecular formula is C24H19N5O3S. The van der Waals surface area contributed by atoms with E-state index in [1.807, 2.05) is 60.8 Å². The number of hydrogen-bond acceptors (Lipinski definition) is 7. The molecule has 3 aromatic heterocycles. The molecule has 33 heavy (non-hydrogen) atoms. The number of carbonyl (C=O) groups excluding carboxylic acids is 1. The Bertz CT molecular complexity index is 1500. The highest BCUT2D eigenvalue weighted by Crippen LogP contribution is 2.18. The number of fused-ring (bicyclic) bond motifs is 1. The van der Waals surface area contributed by atoms with E-state index >= 15 is 0 Å². The minimum Gasteiger partial charge on any atom is -0.497 e. The van der Waals surface area contributed by atoms with Crippen molar-refractivity contribution in [2.45, 2.75) is 13.3 Å². The van der Waals surface area contributed by atoms with Crippen LogP contribution in [0.25, 0.3) is 11.5 Å². The van der Waals surface area contributed by atoms with Gasteiger partial charge >= 0.3 is 0 Å². The highest BCUT2D eigenvalue weighted by molar-refractivity contribution is 7.12. The van der Waals surface area contributed by atoms with Crippen molar-refractivity contribution in [3.63, 3.8) is 0 Å². The molecule has 0 unspecified atom stereocenters. The van der Waals surface area contributed by atoms with Crippen molar-refractivity contribution in [3.05, 3.63) is 104 Å². The molecule has 0 aliphatic heterocycles. The smallest absolute Gasteiger partial charge is 0.283 e. The molecule has 0 saturated carbocycles. The molecule has 2 aromatic carbocycles. The quantitative estimate of drug-likeness (QED) is 0.363. The Morgan fingerprint density at radius 3 is 2.45 bits per heavy atom. The Morgan fingerprint density at radius 2 is 1.79 bits per heavy atom. The van der Waals surface area contributed by atoms with Crippen LogP contribution in [-0.2, 0) is 6.42 Å². The second-order valence-electron chi connectivity index (χ2n) is 7.49. The summed E-state index contributed by atoms with van der Waals surface area (Å²) in [6, 6.07) is 18.4. The largest absolute Gasteiger partial charge is 0.497 e. The molecule has 5 aromatic rings. The van der Waals surface area contributed by atoms with Crippen LogP contribution in [0.3, 0.4) is 0 Å². The lowest BCUT2D eigenvalue weighted by atomic mass is 10.1. The summed E-state index contributed by atoms with van der Waals surface area (Å²) in [5.74, 6) is 0.567. The van der Waals surface area contributed by atoms with Crippen LogP contribution in [0.15, 0.2) is 70.8 Å². The maximum Gasteiger partial charge on any atom is 0.283 e. The molecule has 0 radical (unpaired) electrons. The van der Waals surface area contributed by atoms with Gasteiger partial charge in [0, 0.05) is 6.42 Å². The van der Waals surface area contributed by atoms with E-state index in [-0.39, 0.29) is 29.5 Å². The SMILES string of the molecule is COc1ccc(Cc2nnc3n(-c4ccc(C)cc4)nc(C(=O)c4cccs4)n3c2=O)cc1. The Kier molecular flexibility index (Phi) is 5.31. The number of thiophene rings is 1. The number of aromatic nitrogens is 5. The summed E-state index contributed by atoms with van der Waals surface area (Å²) in [4.78, 5) is 27.2. The van der Waals surface area contributed by atoms with Gasteiger partial charge in [0.2, 0.25) is 11.6 Å². The summed E-state index contributed by atoms with van der Waals surface area (Å²) in [7, 11) is 1.60. The molecule has 3 heterocycles. The van der Waals surface area contributed by atoms with Gasteiger partial charge in [-0.2, -0.15) is 4.68 Å². The topological polar surface area (TPSA) is 91.4 Å². The van der Waals surface area contributed by atoms with Gasteiger partial charge in [-0.3, -0.25) is 9.59 Å². The maximum atomic E-state index is 13.5.